The van der Waals surface area contributed by atoms with Gasteiger partial charge in [0, 0.05) is 31.9 Å². The van der Waals surface area contributed by atoms with E-state index in [0.717, 1.165) is 33.8 Å². The summed E-state index contributed by atoms with van der Waals surface area (Å²) in [7, 11) is -0.360. The van der Waals surface area contributed by atoms with Crippen LogP contribution >= 0.6 is 23.2 Å². The average molecular weight is 955 g/mol. The Kier molecular flexibility index (Phi) is 12.0. The average Bonchev–Trinajstić information content (AvgIpc) is 3.41. The lowest BCUT2D eigenvalue weighted by Gasteiger charge is -2.31. The van der Waals surface area contributed by atoms with E-state index in [9.17, 15) is 0 Å². The Labute approximate surface area is 428 Å². The van der Waals surface area contributed by atoms with Crippen molar-refractivity contribution in [2.45, 2.75) is 69.1 Å². The molecule has 0 saturated carbocycles. The number of hydrogen-bond acceptors (Lipinski definition) is 5. The molecule has 0 bridgehead atoms. The Morgan fingerprint density at radius 3 is 1.20 bits per heavy atom. The van der Waals surface area contributed by atoms with Gasteiger partial charge in [0.25, 0.3) is 0 Å². The van der Waals surface area contributed by atoms with Gasteiger partial charge in [-0.05, 0) is 120 Å². The van der Waals surface area contributed by atoms with Crippen LogP contribution in [0.15, 0.2) is 204 Å². The zero-order chi connectivity index (χ0) is 48.3. The van der Waals surface area contributed by atoms with Crippen molar-refractivity contribution in [3.8, 4) is 72.9 Å². The van der Waals surface area contributed by atoms with Crippen LogP contribution in [0.2, 0.25) is 0 Å². The summed E-state index contributed by atoms with van der Waals surface area (Å²) in [6, 6.07) is 69.0. The first-order valence-corrected chi connectivity index (χ1v) is 26.8. The van der Waals surface area contributed by atoms with E-state index in [0.29, 0.717) is 23.0 Å². The predicted octanol–water partition coefficient (Wildman–Crippen LogP) is 14.6. The summed E-state index contributed by atoms with van der Waals surface area (Å²) in [4.78, 5) is 2.80. The topological polar surface area (TPSA) is 27.7 Å². The fourth-order valence-electron chi connectivity index (χ4n) is 11.0. The van der Waals surface area contributed by atoms with Crippen molar-refractivity contribution in [1.29, 1.82) is 0 Å². The van der Waals surface area contributed by atoms with Crippen LogP contribution in [0.3, 0.4) is 0 Å². The quantitative estimate of drug-likeness (QED) is 0.164. The monoisotopic (exact) mass is 954 g/mol. The summed E-state index contributed by atoms with van der Waals surface area (Å²) in [5.41, 5.74) is 22.3. The maximum absolute atomic E-state index is 6.73. The molecule has 0 fully saturated rings. The Balaban J connectivity index is 0.000000111. The number of benzene rings is 9. The number of rotatable bonds is 4. The molecule has 0 saturated heterocycles. The van der Waals surface area contributed by atoms with Gasteiger partial charge in [-0.1, -0.05) is 205 Å². The van der Waals surface area contributed by atoms with E-state index in [1.165, 1.54) is 87.4 Å². The molecule has 0 aromatic heterocycles. The second kappa shape index (κ2) is 18.8. The van der Waals surface area contributed by atoms with Gasteiger partial charge in [-0.2, -0.15) is 23.2 Å². The van der Waals surface area contributed by atoms with Crippen molar-refractivity contribution in [3.05, 3.63) is 211 Å². The molecule has 0 N–H and O–H groups in total. The lowest BCUT2D eigenvalue weighted by atomic mass is 9.49. The Morgan fingerprint density at radius 1 is 0.338 bits per heavy atom. The molecule has 71 heavy (non-hydrogen) atoms. The first-order chi connectivity index (χ1) is 34.7. The fourth-order valence-corrected chi connectivity index (χ4v) is 13.9. The van der Waals surface area contributed by atoms with Crippen molar-refractivity contribution in [2.75, 3.05) is 0 Å². The van der Waals surface area contributed by atoms with Crippen molar-refractivity contribution in [2.24, 2.45) is 0 Å². The highest BCUT2D eigenvalue weighted by Crippen LogP contribution is 2.49. The highest BCUT2D eigenvalue weighted by atomic mass is 32.2. The van der Waals surface area contributed by atoms with Gasteiger partial charge < -0.3 is 14.0 Å². The molecule has 5 heterocycles. The summed E-state index contributed by atoms with van der Waals surface area (Å²) in [5.74, 6) is 4.13. The minimum atomic E-state index is -0.360. The van der Waals surface area contributed by atoms with Crippen molar-refractivity contribution < 1.29 is 14.0 Å². The number of fused-ring (bicyclic) bond motifs is 11. The normalized spacial score (nSPS) is 13.5. The molecule has 3 nitrogen and oxygen atoms in total. The summed E-state index contributed by atoms with van der Waals surface area (Å²) < 4.78 is 18.9. The molecule has 9 aromatic carbocycles. The molecule has 0 atom stereocenters. The maximum Gasteiger partial charge on any atom is 0.633 e. The zero-order valence-electron chi connectivity index (χ0n) is 41.0. The molecule has 0 unspecified atom stereocenters. The predicted molar refractivity (Wildman–Crippen MR) is 305 cm³/mol. The summed E-state index contributed by atoms with van der Waals surface area (Å²) in [5, 5.41) is 0.473. The number of para-hydroxylation sites is 3. The van der Waals surface area contributed by atoms with E-state index in [1.807, 2.05) is 59.6 Å². The van der Waals surface area contributed by atoms with Gasteiger partial charge >= 0.3 is 19.3 Å². The molecule has 0 radical (unpaired) electrons. The molecule has 8 heteroatoms. The van der Waals surface area contributed by atoms with Gasteiger partial charge in [0.15, 0.2) is 0 Å². The van der Waals surface area contributed by atoms with E-state index in [2.05, 4.69) is 199 Å². The summed E-state index contributed by atoms with van der Waals surface area (Å²) in [6.45, 7) is 13.7. The second-order valence-corrected chi connectivity index (χ2v) is 22.4. The zero-order valence-corrected chi connectivity index (χ0v) is 42.6. The van der Waals surface area contributed by atoms with Crippen molar-refractivity contribution in [1.82, 2.24) is 0 Å². The molecular weight excluding hydrogens is 901 g/mol. The summed E-state index contributed by atoms with van der Waals surface area (Å²) >= 11 is 3.98. The van der Waals surface area contributed by atoms with Gasteiger partial charge in [0.1, 0.15) is 17.2 Å². The van der Waals surface area contributed by atoms with Crippen LogP contribution in [0.1, 0.15) is 76.0 Å². The second-order valence-electron chi connectivity index (χ2n) is 19.8. The SMILES string of the molecule is CC(C)c1cc(C(C)C)c(B2Oc3ccccc3-c3ccccc32)c(C(C)C)c1.c1ccc2c(c1)OB1Oc3ccccc3-c3cccc-2c31.c1ccc2c(c1)SB1Sc3ccccc3-c3cccc-2c31. The van der Waals surface area contributed by atoms with Crippen LogP contribution in [0.25, 0.3) is 55.6 Å². The Bertz CT molecular complexity index is 3200. The molecular formula is C63H53B3O3S2. The van der Waals surface area contributed by atoms with Crippen molar-refractivity contribution in [3.63, 3.8) is 0 Å². The Hall–Kier alpha value is -6.73. The van der Waals surface area contributed by atoms with Gasteiger partial charge in [0.05, 0.1) is 0 Å². The molecule has 5 aliphatic heterocycles. The van der Waals surface area contributed by atoms with Gasteiger partial charge in [-0.25, -0.2) is 0 Å². The molecule has 0 amide bonds. The first kappa shape index (κ1) is 45.4. The Morgan fingerprint density at radius 2 is 0.718 bits per heavy atom. The van der Waals surface area contributed by atoms with Gasteiger partial charge in [-0.15, -0.1) is 0 Å². The maximum atomic E-state index is 6.73. The summed E-state index contributed by atoms with van der Waals surface area (Å²) in [6.07, 6.45) is 0. The molecule has 344 valence electrons. The third-order valence-electron chi connectivity index (χ3n) is 14.4. The molecule has 5 aliphatic rings. The molecule has 0 aliphatic carbocycles. The van der Waals surface area contributed by atoms with Gasteiger partial charge in [-0.3, -0.25) is 0 Å². The van der Waals surface area contributed by atoms with Gasteiger partial charge in [0.2, 0.25) is 0 Å². The minimum Gasteiger partial charge on any atom is -0.551 e. The van der Waals surface area contributed by atoms with E-state index in [4.69, 9.17) is 14.0 Å². The van der Waals surface area contributed by atoms with E-state index < -0.39 is 0 Å². The highest BCUT2D eigenvalue weighted by Gasteiger charge is 2.42. The highest BCUT2D eigenvalue weighted by molar-refractivity contribution is 8.56. The van der Waals surface area contributed by atoms with Crippen LogP contribution in [-0.4, -0.2) is 19.3 Å². The molecule has 14 rings (SSSR count). The minimum absolute atomic E-state index is 0.0721. The molecule has 0 spiro atoms. The fraction of sp³-hybridized carbons (Fsp3) is 0.143. The smallest absolute Gasteiger partial charge is 0.551 e. The molecule has 9 aromatic rings. The van der Waals surface area contributed by atoms with E-state index in [1.54, 1.807) is 0 Å². The van der Waals surface area contributed by atoms with E-state index in [-0.39, 0.29) is 14.0 Å². The third-order valence-corrected chi connectivity index (χ3v) is 17.1. The number of hydrogen-bond donors (Lipinski definition) is 0. The lowest BCUT2D eigenvalue weighted by Crippen LogP contribution is -2.53. The third kappa shape index (κ3) is 8.10. The van der Waals surface area contributed by atoms with E-state index >= 15 is 0 Å². The van der Waals surface area contributed by atoms with Crippen LogP contribution in [0.5, 0.6) is 17.2 Å². The largest absolute Gasteiger partial charge is 0.633 e. The standard InChI is InChI=1S/C27H31BO.C18H11BO2.C18H11BS2/c1-17(2)20-15-23(18(3)4)27(24(16-20)19(5)6)28-25-13-9-7-11-21(25)22-12-8-10-14-26(22)29-28;2*1-3-10-16-12(6-1)14-8-5-9-15-13-7-2-4-11-17(13)21-19(20-16)18(14)15/h7-19H,1-6H3;2*1-11H. The van der Waals surface area contributed by atoms with Crippen LogP contribution in [-0.2, 0) is 0 Å². The van der Waals surface area contributed by atoms with Crippen molar-refractivity contribution >= 4 is 64.4 Å². The van der Waals surface area contributed by atoms with Crippen LogP contribution < -0.4 is 35.8 Å². The first-order valence-electron chi connectivity index (χ1n) is 25.0. The van der Waals surface area contributed by atoms with Crippen LogP contribution in [0, 0.1) is 0 Å². The van der Waals surface area contributed by atoms with Crippen LogP contribution in [0.4, 0.5) is 0 Å². The lowest BCUT2D eigenvalue weighted by molar-refractivity contribution is 0.436.